The first-order valence-electron chi connectivity index (χ1n) is 7.34. The second kappa shape index (κ2) is 7.98. The lowest BCUT2D eigenvalue weighted by Gasteiger charge is -2.10. The van der Waals surface area contributed by atoms with Gasteiger partial charge in [-0.25, -0.2) is 0 Å². The minimum Gasteiger partial charge on any atom is -0.493 e. The highest BCUT2D eigenvalue weighted by Gasteiger charge is 2.15. The number of ether oxygens (including phenoxy) is 2. The van der Waals surface area contributed by atoms with Crippen molar-refractivity contribution in [3.63, 3.8) is 0 Å². The Kier molecular flexibility index (Phi) is 5.74. The Hall–Kier alpha value is -2.82. The highest BCUT2D eigenvalue weighted by Crippen LogP contribution is 2.27. The van der Waals surface area contributed by atoms with Crippen LogP contribution in [-0.2, 0) is 4.79 Å². The van der Waals surface area contributed by atoms with E-state index in [-0.39, 0.29) is 0 Å². The maximum Gasteiger partial charge on any atom is 0.246 e. The van der Waals surface area contributed by atoms with Gasteiger partial charge in [0, 0.05) is 6.21 Å². The van der Waals surface area contributed by atoms with Crippen molar-refractivity contribution in [2.45, 2.75) is 13.0 Å². The molecule has 0 aliphatic heterocycles. The number of carbonyl (C=O) groups is 1. The summed E-state index contributed by atoms with van der Waals surface area (Å²) in [6, 6.07) is 14.0. The van der Waals surface area contributed by atoms with Gasteiger partial charge in [0.05, 0.1) is 13.7 Å². The van der Waals surface area contributed by atoms with E-state index in [2.05, 4.69) is 4.99 Å². The van der Waals surface area contributed by atoms with Gasteiger partial charge in [0.25, 0.3) is 0 Å². The number of hydrogen-bond donors (Lipinski definition) is 1. The number of amides is 1. The van der Waals surface area contributed by atoms with Crippen molar-refractivity contribution in [3.05, 3.63) is 59.7 Å². The number of benzene rings is 2. The summed E-state index contributed by atoms with van der Waals surface area (Å²) in [4.78, 5) is 16.0. The third-order valence-electron chi connectivity index (χ3n) is 3.25. The SMILES string of the molecule is CCOc1cc(C=NC(C(N)=O)c2ccccc2)ccc1OC. The Labute approximate surface area is 135 Å². The molecule has 0 aromatic heterocycles. The number of rotatable bonds is 7. The number of hydrogen-bond acceptors (Lipinski definition) is 4. The zero-order chi connectivity index (χ0) is 16.7. The Morgan fingerprint density at radius 2 is 1.96 bits per heavy atom. The van der Waals surface area contributed by atoms with Gasteiger partial charge in [-0.2, -0.15) is 0 Å². The molecule has 23 heavy (non-hydrogen) atoms. The maximum absolute atomic E-state index is 11.7. The fraction of sp³-hybridized carbons (Fsp3) is 0.222. The van der Waals surface area contributed by atoms with E-state index in [0.29, 0.717) is 18.1 Å². The summed E-state index contributed by atoms with van der Waals surface area (Å²) in [5.41, 5.74) is 7.02. The number of carbonyl (C=O) groups excluding carboxylic acids is 1. The lowest BCUT2D eigenvalue weighted by molar-refractivity contribution is -0.119. The van der Waals surface area contributed by atoms with Gasteiger partial charge in [-0.05, 0) is 36.2 Å². The fourth-order valence-corrected chi connectivity index (χ4v) is 2.16. The molecule has 120 valence electrons. The lowest BCUT2D eigenvalue weighted by Crippen LogP contribution is -2.20. The van der Waals surface area contributed by atoms with Crippen LogP contribution in [0.1, 0.15) is 24.1 Å². The molecule has 5 heteroatoms. The molecule has 0 saturated heterocycles. The molecule has 2 rings (SSSR count). The van der Waals surface area contributed by atoms with Crippen LogP contribution in [0.4, 0.5) is 0 Å². The molecule has 0 spiro atoms. The van der Waals surface area contributed by atoms with Crippen LogP contribution < -0.4 is 15.2 Å². The highest BCUT2D eigenvalue weighted by molar-refractivity contribution is 5.87. The highest BCUT2D eigenvalue weighted by atomic mass is 16.5. The molecule has 1 unspecified atom stereocenters. The van der Waals surface area contributed by atoms with Crippen LogP contribution in [0.25, 0.3) is 0 Å². The van der Waals surface area contributed by atoms with Crippen LogP contribution >= 0.6 is 0 Å². The van der Waals surface area contributed by atoms with Crippen LogP contribution in [0, 0.1) is 0 Å². The number of primary amides is 1. The first kappa shape index (κ1) is 16.5. The molecule has 2 N–H and O–H groups in total. The molecular formula is C18H20N2O3. The van der Waals surface area contributed by atoms with Crippen LogP contribution in [0.3, 0.4) is 0 Å². The Bertz CT molecular complexity index is 684. The van der Waals surface area contributed by atoms with E-state index in [1.807, 2.05) is 49.4 Å². The molecular weight excluding hydrogens is 292 g/mol. The molecule has 5 nitrogen and oxygen atoms in total. The van der Waals surface area contributed by atoms with Gasteiger partial charge in [0.1, 0.15) is 0 Å². The minimum absolute atomic E-state index is 0.494. The molecule has 2 aromatic carbocycles. The molecule has 0 fully saturated rings. The molecule has 1 atom stereocenters. The summed E-state index contributed by atoms with van der Waals surface area (Å²) in [7, 11) is 1.59. The Morgan fingerprint density at radius 1 is 1.22 bits per heavy atom. The number of methoxy groups -OCH3 is 1. The van der Waals surface area contributed by atoms with E-state index in [1.54, 1.807) is 19.4 Å². The molecule has 2 aromatic rings. The van der Waals surface area contributed by atoms with Crippen molar-refractivity contribution in [2.75, 3.05) is 13.7 Å². The largest absolute Gasteiger partial charge is 0.493 e. The van der Waals surface area contributed by atoms with Crippen LogP contribution in [0.15, 0.2) is 53.5 Å². The van der Waals surface area contributed by atoms with E-state index in [0.717, 1.165) is 11.1 Å². The van der Waals surface area contributed by atoms with Gasteiger partial charge >= 0.3 is 0 Å². The molecule has 1 amide bonds. The summed E-state index contributed by atoms with van der Waals surface area (Å²) in [5, 5.41) is 0. The van der Waals surface area contributed by atoms with Gasteiger partial charge in [0.15, 0.2) is 17.5 Å². The average molecular weight is 312 g/mol. The second-order valence-corrected chi connectivity index (χ2v) is 4.84. The summed E-state index contributed by atoms with van der Waals surface area (Å²) in [6.45, 7) is 2.43. The standard InChI is InChI=1S/C18H20N2O3/c1-3-23-16-11-13(9-10-15(16)22-2)12-20-17(18(19)21)14-7-5-4-6-8-14/h4-12,17H,3H2,1-2H3,(H2,19,21). The predicted molar refractivity (Wildman–Crippen MR) is 90.1 cm³/mol. The summed E-state index contributed by atoms with van der Waals surface area (Å²) < 4.78 is 10.8. The van der Waals surface area contributed by atoms with Crippen LogP contribution in [-0.4, -0.2) is 25.8 Å². The van der Waals surface area contributed by atoms with Crippen molar-refractivity contribution in [2.24, 2.45) is 10.7 Å². The van der Waals surface area contributed by atoms with E-state index < -0.39 is 11.9 Å². The molecule has 0 saturated carbocycles. The van der Waals surface area contributed by atoms with E-state index in [4.69, 9.17) is 15.2 Å². The van der Waals surface area contributed by atoms with Crippen molar-refractivity contribution < 1.29 is 14.3 Å². The number of nitrogens with zero attached hydrogens (tertiary/aromatic N) is 1. The zero-order valence-electron chi connectivity index (χ0n) is 13.2. The van der Waals surface area contributed by atoms with Gasteiger partial charge in [-0.1, -0.05) is 30.3 Å². The van der Waals surface area contributed by atoms with Crippen molar-refractivity contribution in [1.29, 1.82) is 0 Å². The third-order valence-corrected chi connectivity index (χ3v) is 3.25. The van der Waals surface area contributed by atoms with Crippen LogP contribution in [0.5, 0.6) is 11.5 Å². The Morgan fingerprint density at radius 3 is 2.57 bits per heavy atom. The van der Waals surface area contributed by atoms with Gasteiger partial charge in [-0.15, -0.1) is 0 Å². The van der Waals surface area contributed by atoms with Gasteiger partial charge < -0.3 is 15.2 Å². The monoisotopic (exact) mass is 312 g/mol. The first-order valence-corrected chi connectivity index (χ1v) is 7.34. The smallest absolute Gasteiger partial charge is 0.246 e. The predicted octanol–water partition coefficient (Wildman–Crippen LogP) is 2.74. The Balaban J connectivity index is 2.27. The van der Waals surface area contributed by atoms with E-state index in [1.165, 1.54) is 0 Å². The third kappa shape index (κ3) is 4.32. The molecule has 0 bridgehead atoms. The zero-order valence-corrected chi connectivity index (χ0v) is 13.2. The fourth-order valence-electron chi connectivity index (χ4n) is 2.16. The second-order valence-electron chi connectivity index (χ2n) is 4.84. The van der Waals surface area contributed by atoms with Crippen molar-refractivity contribution in [3.8, 4) is 11.5 Å². The summed E-state index contributed by atoms with van der Waals surface area (Å²) in [5.74, 6) is 0.791. The maximum atomic E-state index is 11.7. The minimum atomic E-state index is -0.714. The first-order chi connectivity index (χ1) is 11.2. The van der Waals surface area contributed by atoms with Crippen molar-refractivity contribution in [1.82, 2.24) is 0 Å². The van der Waals surface area contributed by atoms with Crippen molar-refractivity contribution >= 4 is 12.1 Å². The van der Waals surface area contributed by atoms with Gasteiger partial charge in [-0.3, -0.25) is 9.79 Å². The lowest BCUT2D eigenvalue weighted by atomic mass is 10.1. The van der Waals surface area contributed by atoms with Gasteiger partial charge in [0.2, 0.25) is 5.91 Å². The topological polar surface area (TPSA) is 73.9 Å². The quantitative estimate of drug-likeness (QED) is 0.799. The molecule has 0 aliphatic rings. The normalized spacial score (nSPS) is 12.1. The summed E-state index contributed by atoms with van der Waals surface area (Å²) in [6.07, 6.45) is 1.62. The molecule has 0 heterocycles. The van der Waals surface area contributed by atoms with E-state index >= 15 is 0 Å². The van der Waals surface area contributed by atoms with E-state index in [9.17, 15) is 4.79 Å². The molecule has 0 radical (unpaired) electrons. The molecule has 0 aliphatic carbocycles. The van der Waals surface area contributed by atoms with Crippen LogP contribution in [0.2, 0.25) is 0 Å². The number of aliphatic imine (C=N–C) groups is 1. The number of nitrogens with two attached hydrogens (primary N) is 1. The average Bonchev–Trinajstić information content (AvgIpc) is 2.56. The summed E-state index contributed by atoms with van der Waals surface area (Å²) >= 11 is 0.